The second-order valence-corrected chi connectivity index (χ2v) is 14.5. The minimum Gasteiger partial charge on any atom is -0.394 e. The predicted octanol–water partition coefficient (Wildman–Crippen LogP) is 6.02. The monoisotopic (exact) mass is 530 g/mol. The molecule has 0 aromatic heterocycles. The Morgan fingerprint density at radius 2 is 1.76 bits per heavy atom. The van der Waals surface area contributed by atoms with Gasteiger partial charge in [-0.15, -0.1) is 0 Å². The van der Waals surface area contributed by atoms with Crippen LogP contribution in [-0.4, -0.2) is 52.6 Å². The Kier molecular flexibility index (Phi) is 8.55. The van der Waals surface area contributed by atoms with E-state index in [-0.39, 0.29) is 24.2 Å². The van der Waals surface area contributed by atoms with E-state index in [2.05, 4.69) is 40.7 Å². The van der Waals surface area contributed by atoms with Gasteiger partial charge in [0.1, 0.15) is 12.2 Å². The van der Waals surface area contributed by atoms with Crippen LogP contribution in [0.4, 0.5) is 0 Å². The first-order chi connectivity index (χ1) is 18.1. The SMILES string of the molecule is CC(C)CCC[C@@H](C)[C@H]1CC[C@H]2[C@@H]3[C@@H](O)C=C4C[C@@H](O[C@@H]5C=C[C@H](O)[C@@H](CO)O5)CC[C@]4(C)[C@H]3CC[C@]12C. The van der Waals surface area contributed by atoms with Gasteiger partial charge in [-0.05, 0) is 97.4 Å². The van der Waals surface area contributed by atoms with E-state index in [4.69, 9.17) is 9.47 Å². The Bertz CT molecular complexity index is 883. The molecule has 0 radical (unpaired) electrons. The summed E-state index contributed by atoms with van der Waals surface area (Å²) in [6, 6.07) is 0. The van der Waals surface area contributed by atoms with E-state index in [1.165, 1.54) is 50.5 Å². The van der Waals surface area contributed by atoms with Crippen molar-refractivity contribution in [3.05, 3.63) is 23.8 Å². The number of aliphatic hydroxyl groups excluding tert-OH is 3. The molecule has 3 fully saturated rings. The molecule has 3 N–H and O–H groups in total. The lowest BCUT2D eigenvalue weighted by atomic mass is 9.46. The minimum absolute atomic E-state index is 0.0266. The molecule has 216 valence electrons. The highest BCUT2D eigenvalue weighted by atomic mass is 16.7. The molecule has 0 aromatic rings. The Morgan fingerprint density at radius 3 is 2.50 bits per heavy atom. The Morgan fingerprint density at radius 1 is 0.974 bits per heavy atom. The first-order valence-corrected chi connectivity index (χ1v) is 15.7. The molecule has 5 nitrogen and oxygen atoms in total. The van der Waals surface area contributed by atoms with Gasteiger partial charge in [0.25, 0.3) is 0 Å². The van der Waals surface area contributed by atoms with Crippen LogP contribution in [0.15, 0.2) is 23.8 Å². The van der Waals surface area contributed by atoms with Gasteiger partial charge < -0.3 is 24.8 Å². The zero-order valence-corrected chi connectivity index (χ0v) is 24.5. The van der Waals surface area contributed by atoms with Crippen molar-refractivity contribution in [1.82, 2.24) is 0 Å². The van der Waals surface area contributed by atoms with Crippen LogP contribution in [0, 0.1) is 46.3 Å². The van der Waals surface area contributed by atoms with Crippen molar-refractivity contribution in [3.8, 4) is 0 Å². The van der Waals surface area contributed by atoms with Gasteiger partial charge in [-0.25, -0.2) is 0 Å². The third-order valence-electron chi connectivity index (χ3n) is 11.9. The summed E-state index contributed by atoms with van der Waals surface area (Å²) < 4.78 is 12.1. The first kappa shape index (κ1) is 28.8. The van der Waals surface area contributed by atoms with Crippen LogP contribution in [0.5, 0.6) is 0 Å². The molecule has 0 amide bonds. The van der Waals surface area contributed by atoms with Crippen molar-refractivity contribution < 1.29 is 24.8 Å². The molecule has 0 spiro atoms. The van der Waals surface area contributed by atoms with E-state index in [0.717, 1.165) is 37.0 Å². The standard InChI is InChI=1S/C33H54O5/c1-20(2)7-6-8-21(3)24-9-10-25-31-26(14-16-33(24,25)5)32(4)15-13-23(17-22(32)18-28(31)36)37-30-12-11-27(35)29(19-34)38-30/h11-12,18,20-21,23-31,34-36H,6-10,13-17,19H2,1-5H3/t21-,23+,24-,25+,26+,27+,28+,29-,30+,31+,32+,33-/m1/s1. The van der Waals surface area contributed by atoms with E-state index in [1.54, 1.807) is 12.2 Å². The van der Waals surface area contributed by atoms with Gasteiger partial charge in [0, 0.05) is 0 Å². The average Bonchev–Trinajstić information content (AvgIpc) is 3.23. The Labute approximate surface area is 231 Å². The fourth-order valence-corrected chi connectivity index (χ4v) is 9.80. The summed E-state index contributed by atoms with van der Waals surface area (Å²) >= 11 is 0. The van der Waals surface area contributed by atoms with Crippen molar-refractivity contribution in [2.75, 3.05) is 6.61 Å². The highest BCUT2D eigenvalue weighted by Crippen LogP contribution is 2.67. The Balaban J connectivity index is 1.27. The van der Waals surface area contributed by atoms with E-state index in [9.17, 15) is 15.3 Å². The predicted molar refractivity (Wildman–Crippen MR) is 150 cm³/mol. The summed E-state index contributed by atoms with van der Waals surface area (Å²) in [7, 11) is 0. The molecule has 4 aliphatic carbocycles. The van der Waals surface area contributed by atoms with Crippen LogP contribution in [-0.2, 0) is 9.47 Å². The zero-order valence-electron chi connectivity index (χ0n) is 24.5. The van der Waals surface area contributed by atoms with Crippen LogP contribution in [0.2, 0.25) is 0 Å². The molecule has 0 aromatic carbocycles. The molecule has 0 saturated heterocycles. The highest BCUT2D eigenvalue weighted by Gasteiger charge is 2.61. The van der Waals surface area contributed by atoms with Crippen molar-refractivity contribution >= 4 is 0 Å². The third kappa shape index (κ3) is 5.20. The largest absolute Gasteiger partial charge is 0.394 e. The van der Waals surface area contributed by atoms with Gasteiger partial charge in [0.2, 0.25) is 0 Å². The van der Waals surface area contributed by atoms with Gasteiger partial charge in [-0.1, -0.05) is 71.6 Å². The highest BCUT2D eigenvalue weighted by molar-refractivity contribution is 5.28. The Hall–Kier alpha value is -0.720. The molecular weight excluding hydrogens is 476 g/mol. The fraction of sp³-hybridized carbons (Fsp3) is 0.879. The lowest BCUT2D eigenvalue weighted by molar-refractivity contribution is -0.204. The molecule has 0 unspecified atom stereocenters. The van der Waals surface area contributed by atoms with Gasteiger partial charge in [0.15, 0.2) is 6.29 Å². The van der Waals surface area contributed by atoms with Gasteiger partial charge in [0.05, 0.1) is 18.8 Å². The number of hydrogen-bond acceptors (Lipinski definition) is 5. The maximum absolute atomic E-state index is 11.6. The van der Waals surface area contributed by atoms with Crippen molar-refractivity contribution in [2.45, 2.75) is 130 Å². The lowest BCUT2D eigenvalue weighted by Gasteiger charge is -2.59. The van der Waals surface area contributed by atoms with E-state index < -0.39 is 18.5 Å². The summed E-state index contributed by atoms with van der Waals surface area (Å²) in [5.41, 5.74) is 1.88. The topological polar surface area (TPSA) is 79.2 Å². The third-order valence-corrected chi connectivity index (χ3v) is 11.9. The molecule has 0 bridgehead atoms. The van der Waals surface area contributed by atoms with E-state index >= 15 is 0 Å². The summed E-state index contributed by atoms with van der Waals surface area (Å²) in [5, 5.41) is 31.1. The van der Waals surface area contributed by atoms with Crippen LogP contribution < -0.4 is 0 Å². The quantitative estimate of drug-likeness (QED) is 0.335. The number of ether oxygens (including phenoxy) is 2. The molecule has 5 heteroatoms. The molecular formula is C33H54O5. The molecule has 1 aliphatic heterocycles. The smallest absolute Gasteiger partial charge is 0.177 e. The maximum atomic E-state index is 11.6. The minimum atomic E-state index is -0.794. The molecule has 5 aliphatic rings. The summed E-state index contributed by atoms with van der Waals surface area (Å²) in [4.78, 5) is 0. The fourth-order valence-electron chi connectivity index (χ4n) is 9.80. The number of fused-ring (bicyclic) bond motifs is 5. The number of hydrogen-bond donors (Lipinski definition) is 3. The number of rotatable bonds is 8. The average molecular weight is 531 g/mol. The second kappa shape index (κ2) is 11.3. The van der Waals surface area contributed by atoms with Gasteiger partial charge in [-0.2, -0.15) is 0 Å². The van der Waals surface area contributed by atoms with Crippen LogP contribution in [0.1, 0.15) is 98.8 Å². The van der Waals surface area contributed by atoms with Crippen molar-refractivity contribution in [2.24, 2.45) is 46.3 Å². The second-order valence-electron chi connectivity index (χ2n) is 14.5. The van der Waals surface area contributed by atoms with E-state index in [0.29, 0.717) is 23.2 Å². The number of aliphatic hydroxyl groups is 3. The molecule has 3 saturated carbocycles. The van der Waals surface area contributed by atoms with Crippen molar-refractivity contribution in [1.29, 1.82) is 0 Å². The van der Waals surface area contributed by atoms with Gasteiger partial charge >= 0.3 is 0 Å². The normalized spacial score (nSPS) is 47.3. The summed E-state index contributed by atoms with van der Waals surface area (Å²) in [5.74, 6) is 3.91. The van der Waals surface area contributed by atoms with Gasteiger partial charge in [-0.3, -0.25) is 0 Å². The van der Waals surface area contributed by atoms with Crippen molar-refractivity contribution in [3.63, 3.8) is 0 Å². The zero-order chi connectivity index (χ0) is 27.2. The lowest BCUT2D eigenvalue weighted by Crippen LogP contribution is -2.55. The van der Waals surface area contributed by atoms with Crippen LogP contribution in [0.25, 0.3) is 0 Å². The molecule has 12 atom stereocenters. The first-order valence-electron chi connectivity index (χ1n) is 15.7. The molecule has 5 rings (SSSR count). The molecule has 38 heavy (non-hydrogen) atoms. The summed E-state index contributed by atoms with van der Waals surface area (Å²) in [6.07, 6.45) is 15.4. The maximum Gasteiger partial charge on any atom is 0.177 e. The van der Waals surface area contributed by atoms with Crippen LogP contribution >= 0.6 is 0 Å². The van der Waals surface area contributed by atoms with E-state index in [1.807, 2.05) is 0 Å². The summed E-state index contributed by atoms with van der Waals surface area (Å²) in [6.45, 7) is 12.0. The molecule has 1 heterocycles. The van der Waals surface area contributed by atoms with Crippen LogP contribution in [0.3, 0.4) is 0 Å².